The van der Waals surface area contributed by atoms with Crippen LogP contribution in [0.5, 0.6) is 0 Å². The molecule has 3 aromatic rings. The molecule has 2 atom stereocenters. The first-order valence-corrected chi connectivity index (χ1v) is 9.20. The van der Waals surface area contributed by atoms with Gasteiger partial charge in [-0.3, -0.25) is 9.48 Å². The van der Waals surface area contributed by atoms with Crippen molar-refractivity contribution in [2.24, 2.45) is 11.7 Å². The summed E-state index contributed by atoms with van der Waals surface area (Å²) in [5.41, 5.74) is 8.71. The molecule has 1 amide bonds. The maximum absolute atomic E-state index is 12.9. The van der Waals surface area contributed by atoms with Gasteiger partial charge in [-0.1, -0.05) is 43.3 Å². The number of fused-ring (bicyclic) bond motifs is 2. The van der Waals surface area contributed by atoms with Crippen molar-refractivity contribution in [1.29, 1.82) is 0 Å². The van der Waals surface area contributed by atoms with E-state index in [0.717, 1.165) is 36.0 Å². The zero-order valence-electron chi connectivity index (χ0n) is 15.4. The lowest BCUT2D eigenvalue weighted by molar-refractivity contribution is 0.0936. The summed E-state index contributed by atoms with van der Waals surface area (Å²) in [5.74, 6) is 0.487. The highest BCUT2D eigenvalue weighted by atomic mass is 35.5. The van der Waals surface area contributed by atoms with E-state index < -0.39 is 0 Å². The predicted molar refractivity (Wildman–Crippen MR) is 110 cm³/mol. The summed E-state index contributed by atoms with van der Waals surface area (Å²) in [5, 5.41) is 9.81. The van der Waals surface area contributed by atoms with Gasteiger partial charge in [0, 0.05) is 13.1 Å². The van der Waals surface area contributed by atoms with Gasteiger partial charge in [-0.05, 0) is 41.2 Å². The maximum atomic E-state index is 12.9. The molecular formula is C21H25ClN4O. The fourth-order valence-electron chi connectivity index (χ4n) is 3.72. The molecule has 1 aliphatic rings. The number of nitrogens with two attached hydrogens (primary N) is 1. The van der Waals surface area contributed by atoms with Crippen LogP contribution in [0.1, 0.15) is 41.0 Å². The predicted octanol–water partition coefficient (Wildman–Crippen LogP) is 3.47. The summed E-state index contributed by atoms with van der Waals surface area (Å²) in [7, 11) is 0. The van der Waals surface area contributed by atoms with Crippen LogP contribution in [0.25, 0.3) is 10.8 Å². The molecule has 0 fully saturated rings. The Labute approximate surface area is 165 Å². The van der Waals surface area contributed by atoms with Crippen LogP contribution in [0.15, 0.2) is 48.7 Å². The van der Waals surface area contributed by atoms with Gasteiger partial charge in [-0.2, -0.15) is 5.10 Å². The summed E-state index contributed by atoms with van der Waals surface area (Å²) < 4.78 is 1.96. The number of nitrogens with one attached hydrogen (secondary N) is 1. The van der Waals surface area contributed by atoms with Crippen molar-refractivity contribution < 1.29 is 4.79 Å². The molecule has 6 heteroatoms. The van der Waals surface area contributed by atoms with Crippen molar-refractivity contribution in [3.05, 3.63) is 65.5 Å². The van der Waals surface area contributed by atoms with Crippen LogP contribution < -0.4 is 11.1 Å². The Bertz CT molecular complexity index is 952. The first-order chi connectivity index (χ1) is 12.7. The van der Waals surface area contributed by atoms with E-state index in [2.05, 4.69) is 41.6 Å². The average Bonchev–Trinajstić information content (AvgIpc) is 3.08. The maximum Gasteiger partial charge on any atom is 0.255 e. The van der Waals surface area contributed by atoms with Gasteiger partial charge in [0.15, 0.2) is 0 Å². The largest absolute Gasteiger partial charge is 0.344 e. The Morgan fingerprint density at radius 1 is 1.30 bits per heavy atom. The normalized spacial score (nSPS) is 17.0. The molecule has 2 heterocycles. The lowest BCUT2D eigenvalue weighted by Gasteiger charge is -2.22. The third-order valence-electron chi connectivity index (χ3n) is 5.29. The molecule has 2 aromatic carbocycles. The van der Waals surface area contributed by atoms with E-state index in [1.54, 1.807) is 6.20 Å². The summed E-state index contributed by atoms with van der Waals surface area (Å²) >= 11 is 0. The smallest absolute Gasteiger partial charge is 0.255 e. The molecule has 27 heavy (non-hydrogen) atoms. The molecule has 0 saturated carbocycles. The number of nitrogens with zero attached hydrogens (tertiary/aromatic N) is 2. The van der Waals surface area contributed by atoms with Gasteiger partial charge in [0.25, 0.3) is 5.91 Å². The minimum absolute atomic E-state index is 0. The SMILES string of the molecule is CC1CCn2ncc(C(=O)NC(CN)c3ccc4ccccc4c3)c2C1.Cl. The molecule has 2 unspecified atom stereocenters. The van der Waals surface area contributed by atoms with Crippen molar-refractivity contribution >= 4 is 29.1 Å². The Morgan fingerprint density at radius 2 is 2.07 bits per heavy atom. The van der Waals surface area contributed by atoms with Crippen molar-refractivity contribution in [3.8, 4) is 0 Å². The Hall–Kier alpha value is -2.37. The molecule has 4 rings (SSSR count). The highest BCUT2D eigenvalue weighted by molar-refractivity contribution is 5.95. The van der Waals surface area contributed by atoms with Gasteiger partial charge in [-0.15, -0.1) is 12.4 Å². The number of halogens is 1. The zero-order chi connectivity index (χ0) is 18.1. The number of amides is 1. The van der Waals surface area contributed by atoms with Gasteiger partial charge < -0.3 is 11.1 Å². The molecule has 1 aliphatic heterocycles. The monoisotopic (exact) mass is 384 g/mol. The Morgan fingerprint density at radius 3 is 2.85 bits per heavy atom. The summed E-state index contributed by atoms with van der Waals surface area (Å²) in [6, 6.07) is 14.2. The summed E-state index contributed by atoms with van der Waals surface area (Å²) in [4.78, 5) is 12.9. The second-order valence-electron chi connectivity index (χ2n) is 7.19. The fraction of sp³-hybridized carbons (Fsp3) is 0.333. The first-order valence-electron chi connectivity index (χ1n) is 9.20. The minimum Gasteiger partial charge on any atom is -0.344 e. The summed E-state index contributed by atoms with van der Waals surface area (Å²) in [6.07, 6.45) is 3.70. The van der Waals surface area contributed by atoms with Gasteiger partial charge in [0.1, 0.15) is 0 Å². The van der Waals surface area contributed by atoms with Crippen LogP contribution in [-0.4, -0.2) is 22.2 Å². The molecule has 5 nitrogen and oxygen atoms in total. The van der Waals surface area contributed by atoms with E-state index >= 15 is 0 Å². The second-order valence-corrected chi connectivity index (χ2v) is 7.19. The number of benzene rings is 2. The lowest BCUT2D eigenvalue weighted by Crippen LogP contribution is -2.34. The molecule has 1 aromatic heterocycles. The highest BCUT2D eigenvalue weighted by Gasteiger charge is 2.24. The number of carbonyl (C=O) groups excluding carboxylic acids is 1. The molecule has 0 spiro atoms. The Balaban J connectivity index is 0.00000210. The van der Waals surface area contributed by atoms with E-state index in [1.165, 1.54) is 5.39 Å². The van der Waals surface area contributed by atoms with Crippen LogP contribution in [0, 0.1) is 5.92 Å². The topological polar surface area (TPSA) is 72.9 Å². The number of aromatic nitrogens is 2. The molecule has 0 aliphatic carbocycles. The van der Waals surface area contributed by atoms with Crippen LogP contribution in [0.4, 0.5) is 0 Å². The fourth-order valence-corrected chi connectivity index (χ4v) is 3.72. The number of hydrogen-bond donors (Lipinski definition) is 2. The van der Waals surface area contributed by atoms with E-state index in [0.29, 0.717) is 18.0 Å². The Kier molecular flexibility index (Phi) is 5.82. The van der Waals surface area contributed by atoms with Crippen molar-refractivity contribution in [1.82, 2.24) is 15.1 Å². The van der Waals surface area contributed by atoms with Crippen LogP contribution in [-0.2, 0) is 13.0 Å². The zero-order valence-corrected chi connectivity index (χ0v) is 16.2. The van der Waals surface area contributed by atoms with Crippen LogP contribution in [0.3, 0.4) is 0 Å². The number of rotatable bonds is 4. The van der Waals surface area contributed by atoms with Gasteiger partial charge in [0.2, 0.25) is 0 Å². The van der Waals surface area contributed by atoms with Crippen molar-refractivity contribution in [3.63, 3.8) is 0 Å². The number of hydrogen-bond acceptors (Lipinski definition) is 3. The first kappa shape index (κ1) is 19.4. The molecule has 0 bridgehead atoms. The summed E-state index contributed by atoms with van der Waals surface area (Å²) in [6.45, 7) is 3.45. The lowest BCUT2D eigenvalue weighted by atomic mass is 9.96. The molecule has 3 N–H and O–H groups in total. The molecule has 0 saturated heterocycles. The molecule has 0 radical (unpaired) electrons. The van der Waals surface area contributed by atoms with Gasteiger partial charge >= 0.3 is 0 Å². The molecule has 142 valence electrons. The van der Waals surface area contributed by atoms with Gasteiger partial charge in [0.05, 0.1) is 23.5 Å². The van der Waals surface area contributed by atoms with Crippen LogP contribution in [0.2, 0.25) is 0 Å². The standard InChI is InChI=1S/C21H24N4O.ClH/c1-14-8-9-25-20(10-14)18(13-23-25)21(26)24-19(12-22)17-7-6-15-4-2-3-5-16(15)11-17;/h2-7,11,13-14,19H,8-10,12,22H2,1H3,(H,24,26);1H. The van der Waals surface area contributed by atoms with Crippen LogP contribution >= 0.6 is 12.4 Å². The number of aryl methyl sites for hydroxylation is 1. The van der Waals surface area contributed by atoms with E-state index in [4.69, 9.17) is 5.73 Å². The quantitative estimate of drug-likeness (QED) is 0.723. The average molecular weight is 385 g/mol. The minimum atomic E-state index is -0.219. The third kappa shape index (κ3) is 3.84. The molecular weight excluding hydrogens is 360 g/mol. The van der Waals surface area contributed by atoms with Gasteiger partial charge in [-0.25, -0.2) is 0 Å². The van der Waals surface area contributed by atoms with E-state index in [9.17, 15) is 4.79 Å². The van der Waals surface area contributed by atoms with E-state index in [1.807, 2.05) is 22.9 Å². The van der Waals surface area contributed by atoms with Crippen molar-refractivity contribution in [2.75, 3.05) is 6.54 Å². The third-order valence-corrected chi connectivity index (χ3v) is 5.29. The van der Waals surface area contributed by atoms with E-state index in [-0.39, 0.29) is 24.4 Å². The number of carbonyl (C=O) groups is 1. The van der Waals surface area contributed by atoms with Crippen molar-refractivity contribution in [2.45, 2.75) is 32.4 Å². The highest BCUT2D eigenvalue weighted by Crippen LogP contribution is 2.24. The second kappa shape index (κ2) is 8.11.